The summed E-state index contributed by atoms with van der Waals surface area (Å²) in [4.78, 5) is 0. The molecule has 124 valence electrons. The highest BCUT2D eigenvalue weighted by molar-refractivity contribution is 5.42. The third kappa shape index (κ3) is 5.20. The largest absolute Gasteiger partial charge is 0.493 e. The van der Waals surface area contributed by atoms with E-state index in [1.165, 1.54) is 5.56 Å². The number of rotatable bonds is 8. The molecule has 0 radical (unpaired) electrons. The van der Waals surface area contributed by atoms with E-state index in [1.807, 2.05) is 37.3 Å². The number of aryl methyl sites for hydroxylation is 1. The fraction of sp³-hybridized carbons (Fsp3) is 0.400. The van der Waals surface area contributed by atoms with E-state index in [-0.39, 0.29) is 0 Å². The van der Waals surface area contributed by atoms with Gasteiger partial charge in [0.25, 0.3) is 0 Å². The fourth-order valence-corrected chi connectivity index (χ4v) is 2.29. The van der Waals surface area contributed by atoms with Crippen LogP contribution in [0, 0.1) is 6.92 Å². The quantitative estimate of drug-likeness (QED) is 0.643. The van der Waals surface area contributed by atoms with Gasteiger partial charge in [-0.15, -0.1) is 0 Å². The van der Waals surface area contributed by atoms with Crippen molar-refractivity contribution in [2.45, 2.75) is 33.1 Å². The number of ether oxygens (including phenoxy) is 3. The third-order valence-corrected chi connectivity index (χ3v) is 3.66. The monoisotopic (exact) mass is 314 g/mol. The molecular weight excluding hydrogens is 288 g/mol. The van der Waals surface area contributed by atoms with E-state index in [2.05, 4.69) is 26.0 Å². The predicted molar refractivity (Wildman–Crippen MR) is 93.9 cm³/mol. The van der Waals surface area contributed by atoms with Crippen molar-refractivity contribution < 1.29 is 14.2 Å². The highest BCUT2D eigenvalue weighted by Crippen LogP contribution is 2.27. The van der Waals surface area contributed by atoms with Gasteiger partial charge in [0.1, 0.15) is 5.75 Å². The van der Waals surface area contributed by atoms with Crippen molar-refractivity contribution >= 4 is 0 Å². The van der Waals surface area contributed by atoms with Gasteiger partial charge in [0.2, 0.25) is 0 Å². The van der Waals surface area contributed by atoms with Gasteiger partial charge in [-0.2, -0.15) is 0 Å². The first-order valence-electron chi connectivity index (χ1n) is 8.10. The second-order valence-electron chi connectivity index (χ2n) is 5.93. The molecule has 0 atom stereocenters. The van der Waals surface area contributed by atoms with Crippen LogP contribution in [0.2, 0.25) is 0 Å². The Hall–Kier alpha value is -2.16. The zero-order valence-electron chi connectivity index (χ0n) is 14.5. The number of hydrogen-bond acceptors (Lipinski definition) is 3. The Bertz CT molecular complexity index is 620. The van der Waals surface area contributed by atoms with Gasteiger partial charge < -0.3 is 14.2 Å². The van der Waals surface area contributed by atoms with Crippen LogP contribution < -0.4 is 14.2 Å². The molecule has 0 aliphatic rings. The smallest absolute Gasteiger partial charge is 0.161 e. The first kappa shape index (κ1) is 17.2. The molecule has 23 heavy (non-hydrogen) atoms. The van der Waals surface area contributed by atoms with Gasteiger partial charge in [0, 0.05) is 6.42 Å². The molecule has 0 amide bonds. The first-order chi connectivity index (χ1) is 11.1. The van der Waals surface area contributed by atoms with E-state index in [9.17, 15) is 0 Å². The first-order valence-corrected chi connectivity index (χ1v) is 8.10. The van der Waals surface area contributed by atoms with Gasteiger partial charge in [-0.3, -0.25) is 0 Å². The van der Waals surface area contributed by atoms with Gasteiger partial charge in [0.05, 0.1) is 20.3 Å². The Morgan fingerprint density at radius 3 is 2.43 bits per heavy atom. The molecule has 0 aromatic heterocycles. The second-order valence-corrected chi connectivity index (χ2v) is 5.93. The average Bonchev–Trinajstić information content (AvgIpc) is 2.55. The molecule has 3 nitrogen and oxygen atoms in total. The van der Waals surface area contributed by atoms with Crippen molar-refractivity contribution in [2.75, 3.05) is 20.3 Å². The minimum Gasteiger partial charge on any atom is -0.493 e. The number of benzene rings is 2. The molecule has 3 heteroatoms. The summed E-state index contributed by atoms with van der Waals surface area (Å²) >= 11 is 0. The molecule has 0 aliphatic carbocycles. The van der Waals surface area contributed by atoms with Crippen molar-refractivity contribution in [3.8, 4) is 17.2 Å². The number of hydrogen-bond donors (Lipinski definition) is 0. The minimum absolute atomic E-state index is 0.510. The molecule has 0 spiro atoms. The Kier molecular flexibility index (Phi) is 6.33. The molecule has 0 saturated heterocycles. The Morgan fingerprint density at radius 1 is 0.913 bits per heavy atom. The van der Waals surface area contributed by atoms with E-state index >= 15 is 0 Å². The van der Waals surface area contributed by atoms with Crippen LogP contribution in [-0.2, 0) is 0 Å². The molecule has 0 aliphatic heterocycles. The third-order valence-electron chi connectivity index (χ3n) is 3.66. The molecule has 0 fully saturated rings. The van der Waals surface area contributed by atoms with E-state index in [1.54, 1.807) is 7.11 Å². The van der Waals surface area contributed by atoms with Crippen LogP contribution in [0.4, 0.5) is 0 Å². The van der Waals surface area contributed by atoms with Crippen LogP contribution >= 0.6 is 0 Å². The molecule has 0 bridgehead atoms. The normalized spacial score (nSPS) is 10.7. The van der Waals surface area contributed by atoms with E-state index in [4.69, 9.17) is 14.2 Å². The van der Waals surface area contributed by atoms with Gasteiger partial charge in [-0.05, 0) is 48.2 Å². The molecule has 0 saturated carbocycles. The van der Waals surface area contributed by atoms with Crippen molar-refractivity contribution in [2.24, 2.45) is 0 Å². The maximum Gasteiger partial charge on any atom is 0.161 e. The molecule has 0 N–H and O–H groups in total. The highest BCUT2D eigenvalue weighted by atomic mass is 16.5. The number of methoxy groups -OCH3 is 1. The minimum atomic E-state index is 0.510. The van der Waals surface area contributed by atoms with E-state index < -0.39 is 0 Å². The lowest BCUT2D eigenvalue weighted by Crippen LogP contribution is -2.06. The van der Waals surface area contributed by atoms with Crippen LogP contribution in [0.25, 0.3) is 0 Å². The van der Waals surface area contributed by atoms with Crippen molar-refractivity contribution in [1.29, 1.82) is 0 Å². The van der Waals surface area contributed by atoms with Gasteiger partial charge in [0.15, 0.2) is 11.5 Å². The zero-order valence-corrected chi connectivity index (χ0v) is 14.5. The van der Waals surface area contributed by atoms with E-state index in [0.29, 0.717) is 19.1 Å². The zero-order chi connectivity index (χ0) is 16.7. The average molecular weight is 314 g/mol. The maximum absolute atomic E-state index is 5.80. The summed E-state index contributed by atoms with van der Waals surface area (Å²) in [7, 11) is 1.66. The molecule has 0 heterocycles. The Labute approximate surface area is 139 Å². The standard InChI is InChI=1S/C20H26O3/c1-15(2)17-7-5-8-18(14-17)22-11-6-12-23-19-10-9-16(3)13-20(19)21-4/h5,7-10,13-15H,6,11-12H2,1-4H3. The lowest BCUT2D eigenvalue weighted by molar-refractivity contribution is 0.240. The van der Waals surface area contributed by atoms with Gasteiger partial charge in [-0.1, -0.05) is 32.0 Å². The highest BCUT2D eigenvalue weighted by Gasteiger charge is 2.04. The molecule has 2 rings (SSSR count). The summed E-state index contributed by atoms with van der Waals surface area (Å²) in [6, 6.07) is 14.2. The van der Waals surface area contributed by atoms with Crippen molar-refractivity contribution in [3.05, 3.63) is 53.6 Å². The van der Waals surface area contributed by atoms with Crippen LogP contribution in [0.1, 0.15) is 37.3 Å². The maximum atomic E-state index is 5.80. The lowest BCUT2D eigenvalue weighted by Gasteiger charge is -2.12. The molecule has 0 unspecified atom stereocenters. The summed E-state index contributed by atoms with van der Waals surface area (Å²) in [6.07, 6.45) is 0.822. The van der Waals surface area contributed by atoms with Crippen LogP contribution in [0.3, 0.4) is 0 Å². The fourth-order valence-electron chi connectivity index (χ4n) is 2.29. The predicted octanol–water partition coefficient (Wildman–Crippen LogP) is 4.97. The SMILES string of the molecule is COc1cc(C)ccc1OCCCOc1cccc(C(C)C)c1. The summed E-state index contributed by atoms with van der Waals surface area (Å²) in [5.74, 6) is 2.98. The Balaban J connectivity index is 1.77. The van der Waals surface area contributed by atoms with Crippen LogP contribution in [0.15, 0.2) is 42.5 Å². The van der Waals surface area contributed by atoms with E-state index in [0.717, 1.165) is 29.2 Å². The van der Waals surface area contributed by atoms with Crippen molar-refractivity contribution in [3.63, 3.8) is 0 Å². The molecule has 2 aromatic rings. The summed E-state index contributed by atoms with van der Waals surface area (Å²) < 4.78 is 16.9. The van der Waals surface area contributed by atoms with Crippen LogP contribution in [-0.4, -0.2) is 20.3 Å². The second kappa shape index (κ2) is 8.47. The summed E-state index contributed by atoms with van der Waals surface area (Å²) in [5, 5.41) is 0. The summed E-state index contributed by atoms with van der Waals surface area (Å²) in [6.45, 7) is 7.63. The van der Waals surface area contributed by atoms with Gasteiger partial charge >= 0.3 is 0 Å². The van der Waals surface area contributed by atoms with Crippen LogP contribution in [0.5, 0.6) is 17.2 Å². The molecular formula is C20H26O3. The van der Waals surface area contributed by atoms with Crippen molar-refractivity contribution in [1.82, 2.24) is 0 Å². The topological polar surface area (TPSA) is 27.7 Å². The lowest BCUT2D eigenvalue weighted by atomic mass is 10.0. The Morgan fingerprint density at radius 2 is 1.70 bits per heavy atom. The molecule has 2 aromatic carbocycles. The van der Waals surface area contributed by atoms with Gasteiger partial charge in [-0.25, -0.2) is 0 Å². The summed E-state index contributed by atoms with van der Waals surface area (Å²) in [5.41, 5.74) is 2.45.